The van der Waals surface area contributed by atoms with Crippen LogP contribution in [0.2, 0.25) is 0 Å². The number of thioether (sulfide) groups is 1. The van der Waals surface area contributed by atoms with Gasteiger partial charge in [0.1, 0.15) is 5.70 Å². The van der Waals surface area contributed by atoms with Crippen molar-refractivity contribution in [2.24, 2.45) is 10.7 Å². The number of nitrogens with zero attached hydrogens (tertiary/aromatic N) is 1. The number of hydrogen-bond acceptors (Lipinski definition) is 4. The maximum absolute atomic E-state index is 12.7. The van der Waals surface area contributed by atoms with Crippen molar-refractivity contribution in [1.82, 2.24) is 0 Å². The second-order valence-corrected chi connectivity index (χ2v) is 4.45. The minimum Gasteiger partial charge on any atom is -0.378 e. The zero-order valence-electron chi connectivity index (χ0n) is 8.86. The van der Waals surface area contributed by atoms with Crippen molar-refractivity contribution < 1.29 is 18.0 Å². The van der Waals surface area contributed by atoms with Crippen LogP contribution in [-0.2, 0) is 11.0 Å². The average Bonchev–Trinajstić information content (AvgIpc) is 2.57. The van der Waals surface area contributed by atoms with Crippen LogP contribution < -0.4 is 5.73 Å². The Morgan fingerprint density at radius 2 is 1.94 bits per heavy atom. The maximum Gasteiger partial charge on any atom is 0.416 e. The van der Waals surface area contributed by atoms with E-state index in [0.717, 1.165) is 12.1 Å². The molecule has 0 spiro atoms. The van der Waals surface area contributed by atoms with E-state index in [2.05, 4.69) is 4.99 Å². The molecule has 7 heteroatoms. The molecule has 0 aliphatic carbocycles. The van der Waals surface area contributed by atoms with E-state index in [1.807, 2.05) is 0 Å². The van der Waals surface area contributed by atoms with Gasteiger partial charge in [0, 0.05) is 0 Å². The lowest BCUT2D eigenvalue weighted by Crippen LogP contribution is -2.07. The lowest BCUT2D eigenvalue weighted by atomic mass is 10.1. The molecule has 0 fully saturated rings. The third-order valence-corrected chi connectivity index (χ3v) is 2.89. The fourth-order valence-corrected chi connectivity index (χ4v) is 2.00. The maximum atomic E-state index is 12.7. The molecule has 94 valence electrons. The average molecular weight is 272 g/mol. The molecule has 0 radical (unpaired) electrons. The summed E-state index contributed by atoms with van der Waals surface area (Å²) in [5.41, 5.74) is 4.33. The fraction of sp³-hybridized carbons (Fsp3) is 0.0909. The molecule has 0 unspecified atom stereocenters. The molecule has 1 heterocycles. The van der Waals surface area contributed by atoms with Crippen LogP contribution in [0.3, 0.4) is 0 Å². The van der Waals surface area contributed by atoms with Gasteiger partial charge in [-0.3, -0.25) is 4.79 Å². The topological polar surface area (TPSA) is 55.4 Å². The standard InChI is InChI=1S/C11H7F3N2OS/c12-11(13,14)7-4-2-1-3-6(7)5-8-9(17)18-10(15)16-8/h1-5H,(H2,15,16)/b8-5+. The van der Waals surface area contributed by atoms with Gasteiger partial charge in [0.05, 0.1) is 5.56 Å². The van der Waals surface area contributed by atoms with Gasteiger partial charge in [-0.05, 0) is 29.5 Å². The van der Waals surface area contributed by atoms with Crippen molar-refractivity contribution in [2.45, 2.75) is 6.18 Å². The van der Waals surface area contributed by atoms with Crippen LogP contribution in [0, 0.1) is 0 Å². The Hall–Kier alpha value is -1.76. The number of alkyl halides is 3. The predicted molar refractivity (Wildman–Crippen MR) is 63.6 cm³/mol. The van der Waals surface area contributed by atoms with Gasteiger partial charge in [-0.25, -0.2) is 4.99 Å². The summed E-state index contributed by atoms with van der Waals surface area (Å²) in [7, 11) is 0. The smallest absolute Gasteiger partial charge is 0.378 e. The predicted octanol–water partition coefficient (Wildman–Crippen LogP) is 2.63. The Kier molecular flexibility index (Phi) is 3.16. The number of halogens is 3. The van der Waals surface area contributed by atoms with E-state index in [1.165, 1.54) is 18.2 Å². The highest BCUT2D eigenvalue weighted by atomic mass is 32.2. The van der Waals surface area contributed by atoms with Crippen molar-refractivity contribution in [3.8, 4) is 0 Å². The number of amidine groups is 1. The first kappa shape index (κ1) is 12.7. The van der Waals surface area contributed by atoms with Crippen molar-refractivity contribution in [3.05, 3.63) is 41.1 Å². The molecule has 1 aliphatic heterocycles. The quantitative estimate of drug-likeness (QED) is 0.799. The second kappa shape index (κ2) is 4.49. The number of nitrogens with two attached hydrogens (primary N) is 1. The minimum absolute atomic E-state index is 0.0377. The van der Waals surface area contributed by atoms with Crippen molar-refractivity contribution in [3.63, 3.8) is 0 Å². The van der Waals surface area contributed by atoms with Crippen molar-refractivity contribution in [2.75, 3.05) is 0 Å². The summed E-state index contributed by atoms with van der Waals surface area (Å²) in [4.78, 5) is 15.1. The van der Waals surface area contributed by atoms with E-state index in [-0.39, 0.29) is 16.4 Å². The zero-order valence-corrected chi connectivity index (χ0v) is 9.68. The normalized spacial score (nSPS) is 18.3. The van der Waals surface area contributed by atoms with E-state index in [0.29, 0.717) is 11.8 Å². The van der Waals surface area contributed by atoms with E-state index in [1.54, 1.807) is 0 Å². The van der Waals surface area contributed by atoms with Gasteiger partial charge in [0.15, 0.2) is 5.17 Å². The molecule has 2 rings (SSSR count). The molecular formula is C11H7F3N2OS. The van der Waals surface area contributed by atoms with E-state index in [9.17, 15) is 18.0 Å². The molecule has 0 atom stereocenters. The Morgan fingerprint density at radius 1 is 1.28 bits per heavy atom. The molecule has 18 heavy (non-hydrogen) atoms. The summed E-state index contributed by atoms with van der Waals surface area (Å²) in [6.07, 6.45) is -3.38. The van der Waals surface area contributed by atoms with Crippen LogP contribution >= 0.6 is 11.8 Å². The molecule has 0 aromatic heterocycles. The number of rotatable bonds is 1. The van der Waals surface area contributed by atoms with Gasteiger partial charge >= 0.3 is 6.18 Å². The second-order valence-electron chi connectivity index (χ2n) is 3.45. The number of aliphatic imine (C=N–C) groups is 1. The SMILES string of the molecule is NC1=N/C(=C/c2ccccc2C(F)(F)F)C(=O)S1. The summed E-state index contributed by atoms with van der Waals surface area (Å²) in [5.74, 6) is 0. The van der Waals surface area contributed by atoms with Gasteiger partial charge in [0.2, 0.25) is 5.12 Å². The molecule has 1 aliphatic rings. The molecule has 0 saturated heterocycles. The van der Waals surface area contributed by atoms with Crippen LogP contribution in [0.5, 0.6) is 0 Å². The first-order valence-corrected chi connectivity index (χ1v) is 5.64. The minimum atomic E-state index is -4.47. The van der Waals surface area contributed by atoms with Crippen LogP contribution in [0.25, 0.3) is 6.08 Å². The van der Waals surface area contributed by atoms with E-state index < -0.39 is 16.9 Å². The zero-order chi connectivity index (χ0) is 13.3. The molecule has 1 aromatic carbocycles. The molecule has 0 saturated carbocycles. The van der Waals surface area contributed by atoms with Gasteiger partial charge in [-0.2, -0.15) is 13.2 Å². The summed E-state index contributed by atoms with van der Waals surface area (Å²) in [6, 6.07) is 4.97. The Labute approximate surface area is 105 Å². The molecule has 0 bridgehead atoms. The molecule has 1 aromatic rings. The molecular weight excluding hydrogens is 265 g/mol. The van der Waals surface area contributed by atoms with Crippen LogP contribution in [0.1, 0.15) is 11.1 Å². The number of carbonyl (C=O) groups is 1. The lowest BCUT2D eigenvalue weighted by Gasteiger charge is -2.09. The lowest BCUT2D eigenvalue weighted by molar-refractivity contribution is -0.137. The largest absolute Gasteiger partial charge is 0.416 e. The third-order valence-electron chi connectivity index (χ3n) is 2.20. The summed E-state index contributed by atoms with van der Waals surface area (Å²) >= 11 is 0.700. The van der Waals surface area contributed by atoms with E-state index >= 15 is 0 Å². The third kappa shape index (κ3) is 2.56. The Morgan fingerprint density at radius 3 is 2.50 bits per heavy atom. The first-order chi connectivity index (χ1) is 8.38. The monoisotopic (exact) mass is 272 g/mol. The van der Waals surface area contributed by atoms with Crippen LogP contribution in [-0.4, -0.2) is 10.3 Å². The highest BCUT2D eigenvalue weighted by Crippen LogP contribution is 2.33. The highest BCUT2D eigenvalue weighted by Gasteiger charge is 2.33. The van der Waals surface area contributed by atoms with Crippen molar-refractivity contribution in [1.29, 1.82) is 0 Å². The van der Waals surface area contributed by atoms with Gasteiger partial charge in [-0.1, -0.05) is 18.2 Å². The van der Waals surface area contributed by atoms with E-state index in [4.69, 9.17) is 5.73 Å². The number of hydrogen-bond donors (Lipinski definition) is 1. The first-order valence-electron chi connectivity index (χ1n) is 4.82. The van der Waals surface area contributed by atoms with Gasteiger partial charge in [-0.15, -0.1) is 0 Å². The fourth-order valence-electron chi connectivity index (χ4n) is 1.45. The summed E-state index contributed by atoms with van der Waals surface area (Å²) in [5, 5.41) is -0.416. The van der Waals surface area contributed by atoms with Gasteiger partial charge in [0.25, 0.3) is 0 Å². The van der Waals surface area contributed by atoms with Crippen LogP contribution in [0.4, 0.5) is 13.2 Å². The highest BCUT2D eigenvalue weighted by molar-refractivity contribution is 8.27. The summed E-state index contributed by atoms with van der Waals surface area (Å²) < 4.78 is 38.1. The molecule has 2 N–H and O–H groups in total. The molecule has 0 amide bonds. The Bertz CT molecular complexity index is 564. The Balaban J connectivity index is 2.48. The van der Waals surface area contributed by atoms with Crippen LogP contribution in [0.15, 0.2) is 35.0 Å². The summed E-state index contributed by atoms with van der Waals surface area (Å²) in [6.45, 7) is 0. The number of carbonyl (C=O) groups excluding carboxylic acids is 1. The van der Waals surface area contributed by atoms with Gasteiger partial charge < -0.3 is 5.73 Å². The van der Waals surface area contributed by atoms with Crippen molar-refractivity contribution >= 4 is 28.1 Å². The number of benzene rings is 1. The molecule has 3 nitrogen and oxygen atoms in total.